The van der Waals surface area contributed by atoms with E-state index in [1.807, 2.05) is 31.2 Å². The first kappa shape index (κ1) is 24.6. The third-order valence-corrected chi connectivity index (χ3v) is 7.06. The number of amides is 1. The quantitative estimate of drug-likeness (QED) is 0.603. The minimum absolute atomic E-state index is 0.0168. The standard InChI is InChI=1S/C25H30N6OS/c1-5-21-22(15-26)24(31-12-6-11-29(3)13-14-31)28-25(23(21)16-27)33-17-19-7-9-20(10-8-19)30(4)18(2)32/h7-10H,5-6,11-14,17H2,1-4H3. The Balaban J connectivity index is 1.92. The van der Waals surface area contributed by atoms with E-state index in [4.69, 9.17) is 4.98 Å². The lowest BCUT2D eigenvalue weighted by molar-refractivity contribution is -0.116. The van der Waals surface area contributed by atoms with E-state index in [0.717, 1.165) is 49.4 Å². The van der Waals surface area contributed by atoms with Gasteiger partial charge in [-0.05, 0) is 49.7 Å². The molecule has 1 fully saturated rings. The van der Waals surface area contributed by atoms with Gasteiger partial charge in [-0.3, -0.25) is 4.79 Å². The van der Waals surface area contributed by atoms with Crippen molar-refractivity contribution in [2.24, 2.45) is 0 Å². The third kappa shape index (κ3) is 5.65. The maximum absolute atomic E-state index is 11.6. The van der Waals surface area contributed by atoms with E-state index >= 15 is 0 Å². The highest BCUT2D eigenvalue weighted by molar-refractivity contribution is 7.98. The monoisotopic (exact) mass is 462 g/mol. The van der Waals surface area contributed by atoms with Gasteiger partial charge < -0.3 is 14.7 Å². The van der Waals surface area contributed by atoms with E-state index in [2.05, 4.69) is 29.0 Å². The SMILES string of the molecule is CCc1c(C#N)c(SCc2ccc(N(C)C(C)=O)cc2)nc(N2CCCN(C)CC2)c1C#N. The van der Waals surface area contributed by atoms with Crippen LogP contribution in [0, 0.1) is 22.7 Å². The van der Waals surface area contributed by atoms with Crippen LogP contribution in [0.1, 0.15) is 42.5 Å². The highest BCUT2D eigenvalue weighted by Crippen LogP contribution is 2.34. The molecule has 1 aromatic carbocycles. The molecule has 1 aromatic heterocycles. The fraction of sp³-hybridized carbons (Fsp3) is 0.440. The highest BCUT2D eigenvalue weighted by atomic mass is 32.2. The van der Waals surface area contributed by atoms with Gasteiger partial charge in [0.2, 0.25) is 5.91 Å². The minimum Gasteiger partial charge on any atom is -0.354 e. The van der Waals surface area contributed by atoms with Crippen LogP contribution in [0.2, 0.25) is 0 Å². The number of nitrogens with zero attached hydrogens (tertiary/aromatic N) is 6. The van der Waals surface area contributed by atoms with Gasteiger partial charge in [0.05, 0.1) is 11.1 Å². The molecule has 0 spiro atoms. The zero-order chi connectivity index (χ0) is 24.0. The number of carbonyl (C=O) groups excluding carboxylic acids is 1. The first-order valence-corrected chi connectivity index (χ1v) is 12.1. The number of benzene rings is 1. The van der Waals surface area contributed by atoms with Crippen LogP contribution >= 0.6 is 11.8 Å². The summed E-state index contributed by atoms with van der Waals surface area (Å²) < 4.78 is 0. The van der Waals surface area contributed by atoms with Gasteiger partial charge in [-0.25, -0.2) is 4.98 Å². The number of pyridine rings is 1. The Morgan fingerprint density at radius 3 is 2.42 bits per heavy atom. The summed E-state index contributed by atoms with van der Waals surface area (Å²) in [5, 5.41) is 20.5. The second-order valence-electron chi connectivity index (χ2n) is 8.22. The molecule has 0 atom stereocenters. The Kier molecular flexibility index (Phi) is 8.32. The zero-order valence-corrected chi connectivity index (χ0v) is 20.6. The molecule has 2 aromatic rings. The van der Waals surface area contributed by atoms with Crippen molar-refractivity contribution in [1.82, 2.24) is 9.88 Å². The number of hydrogen-bond acceptors (Lipinski definition) is 7. The van der Waals surface area contributed by atoms with E-state index in [0.29, 0.717) is 34.1 Å². The average Bonchev–Trinajstić information content (AvgIpc) is 3.05. The maximum Gasteiger partial charge on any atom is 0.223 e. The molecule has 2 heterocycles. The molecule has 7 nitrogen and oxygen atoms in total. The van der Waals surface area contributed by atoms with Gasteiger partial charge in [-0.2, -0.15) is 10.5 Å². The highest BCUT2D eigenvalue weighted by Gasteiger charge is 2.24. The van der Waals surface area contributed by atoms with Crippen molar-refractivity contribution in [3.8, 4) is 12.1 Å². The normalized spacial score (nSPS) is 14.3. The Labute approximate surface area is 200 Å². The molecule has 1 amide bonds. The molecule has 1 aliphatic heterocycles. The van der Waals surface area contributed by atoms with Crippen LogP contribution in [-0.4, -0.2) is 56.1 Å². The molecule has 0 N–H and O–H groups in total. The van der Waals surface area contributed by atoms with E-state index < -0.39 is 0 Å². The molecule has 33 heavy (non-hydrogen) atoms. The average molecular weight is 463 g/mol. The molecule has 3 rings (SSSR count). The van der Waals surface area contributed by atoms with E-state index in [9.17, 15) is 15.3 Å². The molecule has 0 saturated carbocycles. The number of likely N-dealkylation sites (N-methyl/N-ethyl adjacent to an activating group) is 1. The van der Waals surface area contributed by atoms with Gasteiger partial charge in [0, 0.05) is 45.0 Å². The van der Waals surface area contributed by atoms with Crippen LogP contribution in [0.3, 0.4) is 0 Å². The van der Waals surface area contributed by atoms with Gasteiger partial charge in [0.25, 0.3) is 0 Å². The van der Waals surface area contributed by atoms with Gasteiger partial charge in [-0.1, -0.05) is 19.1 Å². The molecule has 0 radical (unpaired) electrons. The molecule has 0 unspecified atom stereocenters. The van der Waals surface area contributed by atoms with E-state index in [-0.39, 0.29) is 5.91 Å². The maximum atomic E-state index is 11.6. The van der Waals surface area contributed by atoms with Crippen molar-refractivity contribution in [1.29, 1.82) is 10.5 Å². The van der Waals surface area contributed by atoms with Crippen molar-refractivity contribution in [2.45, 2.75) is 37.5 Å². The van der Waals surface area contributed by atoms with E-state index in [1.165, 1.54) is 18.7 Å². The number of anilines is 2. The van der Waals surface area contributed by atoms with Crippen molar-refractivity contribution in [3.05, 3.63) is 46.5 Å². The van der Waals surface area contributed by atoms with Gasteiger partial charge in [-0.15, -0.1) is 11.8 Å². The Morgan fingerprint density at radius 1 is 1.12 bits per heavy atom. The summed E-state index contributed by atoms with van der Waals surface area (Å²) in [4.78, 5) is 22.5. The van der Waals surface area contributed by atoms with Crippen LogP contribution in [0.15, 0.2) is 29.3 Å². The summed E-state index contributed by atoms with van der Waals surface area (Å²) in [5.41, 5.74) is 3.73. The molecule has 0 aliphatic carbocycles. The first-order chi connectivity index (χ1) is 15.9. The van der Waals surface area contributed by atoms with Crippen molar-refractivity contribution in [2.75, 3.05) is 50.1 Å². The smallest absolute Gasteiger partial charge is 0.223 e. The molecule has 172 valence electrons. The van der Waals surface area contributed by atoms with Crippen LogP contribution in [0.4, 0.5) is 11.5 Å². The van der Waals surface area contributed by atoms with Crippen LogP contribution in [-0.2, 0) is 17.0 Å². The first-order valence-electron chi connectivity index (χ1n) is 11.2. The summed E-state index contributed by atoms with van der Waals surface area (Å²) in [6, 6.07) is 12.5. The van der Waals surface area contributed by atoms with Crippen molar-refractivity contribution >= 4 is 29.2 Å². The molecule has 0 bridgehead atoms. The molecule has 1 saturated heterocycles. The summed E-state index contributed by atoms with van der Waals surface area (Å²) in [6.07, 6.45) is 1.61. The second kappa shape index (κ2) is 11.2. The van der Waals surface area contributed by atoms with Crippen LogP contribution in [0.5, 0.6) is 0 Å². The fourth-order valence-electron chi connectivity index (χ4n) is 3.92. The Bertz CT molecular complexity index is 1090. The lowest BCUT2D eigenvalue weighted by Crippen LogP contribution is -2.30. The number of hydrogen-bond donors (Lipinski definition) is 0. The third-order valence-electron chi connectivity index (χ3n) is 6.02. The van der Waals surface area contributed by atoms with E-state index in [1.54, 1.807) is 11.9 Å². The molecule has 8 heteroatoms. The Hall–Kier alpha value is -3.07. The predicted molar refractivity (Wildman–Crippen MR) is 132 cm³/mol. The minimum atomic E-state index is -0.0168. The second-order valence-corrected chi connectivity index (χ2v) is 9.19. The number of nitriles is 2. The number of thioether (sulfide) groups is 1. The van der Waals surface area contributed by atoms with Crippen LogP contribution in [0.25, 0.3) is 0 Å². The van der Waals surface area contributed by atoms with Crippen molar-refractivity contribution < 1.29 is 4.79 Å². The molecular weight excluding hydrogens is 432 g/mol. The lowest BCUT2D eigenvalue weighted by Gasteiger charge is -2.25. The topological polar surface area (TPSA) is 87.3 Å². The summed E-state index contributed by atoms with van der Waals surface area (Å²) in [6.45, 7) is 7.10. The van der Waals surface area contributed by atoms with Crippen molar-refractivity contribution in [3.63, 3.8) is 0 Å². The molecule has 1 aliphatic rings. The Morgan fingerprint density at radius 2 is 1.82 bits per heavy atom. The largest absolute Gasteiger partial charge is 0.354 e. The molecular formula is C25H30N6OS. The number of carbonyl (C=O) groups is 1. The van der Waals surface area contributed by atoms with Gasteiger partial charge in [0.15, 0.2) is 0 Å². The summed E-state index contributed by atoms with van der Waals surface area (Å²) in [7, 11) is 3.86. The zero-order valence-electron chi connectivity index (χ0n) is 19.8. The van der Waals surface area contributed by atoms with Crippen LogP contribution < -0.4 is 9.80 Å². The number of aromatic nitrogens is 1. The number of rotatable bonds is 6. The predicted octanol–water partition coefficient (Wildman–Crippen LogP) is 3.80. The van der Waals surface area contributed by atoms with Gasteiger partial charge >= 0.3 is 0 Å². The van der Waals surface area contributed by atoms with Gasteiger partial charge in [0.1, 0.15) is 23.0 Å². The summed E-state index contributed by atoms with van der Waals surface area (Å²) >= 11 is 1.52. The summed E-state index contributed by atoms with van der Waals surface area (Å²) in [5.74, 6) is 1.32. The fourth-order valence-corrected chi connectivity index (χ4v) is 4.88. The lowest BCUT2D eigenvalue weighted by atomic mass is 10.0.